The molecule has 0 radical (unpaired) electrons. The van der Waals surface area contributed by atoms with Gasteiger partial charge in [-0.1, -0.05) is 53.8 Å². The standard InChI is InChI=1S/C24H20N2S/c1-15(23-16(2)25-20-11-7-6-10-19(20)23)14-22-26(3)24-18-9-5-4-8-17(18)12-13-21(24)27-22/h4-14H,1-3H3/p+1. The summed E-state index contributed by atoms with van der Waals surface area (Å²) in [6, 6.07) is 21.6. The van der Waals surface area contributed by atoms with Crippen LogP contribution in [0.3, 0.4) is 0 Å². The molecule has 0 aliphatic carbocycles. The van der Waals surface area contributed by atoms with E-state index < -0.39 is 0 Å². The van der Waals surface area contributed by atoms with Crippen LogP contribution in [0.15, 0.2) is 60.7 Å². The lowest BCUT2D eigenvalue weighted by molar-refractivity contribution is -0.641. The lowest BCUT2D eigenvalue weighted by Crippen LogP contribution is -2.29. The molecule has 0 aliphatic heterocycles. The molecule has 27 heavy (non-hydrogen) atoms. The van der Waals surface area contributed by atoms with Crippen molar-refractivity contribution in [3.8, 4) is 0 Å². The number of nitrogens with one attached hydrogen (secondary N) is 1. The van der Waals surface area contributed by atoms with E-state index in [1.165, 1.54) is 53.7 Å². The Hall–Kier alpha value is -2.91. The van der Waals surface area contributed by atoms with Gasteiger partial charge in [-0.3, -0.25) is 0 Å². The Kier molecular flexibility index (Phi) is 3.66. The van der Waals surface area contributed by atoms with Crippen molar-refractivity contribution in [2.24, 2.45) is 7.05 Å². The summed E-state index contributed by atoms with van der Waals surface area (Å²) in [7, 11) is 2.17. The fourth-order valence-electron chi connectivity index (χ4n) is 4.12. The number of benzene rings is 3. The van der Waals surface area contributed by atoms with Gasteiger partial charge in [0.15, 0.2) is 0 Å². The summed E-state index contributed by atoms with van der Waals surface area (Å²) in [4.78, 5) is 3.51. The van der Waals surface area contributed by atoms with Crippen LogP contribution in [0.2, 0.25) is 0 Å². The van der Waals surface area contributed by atoms with E-state index in [0.717, 1.165) is 0 Å². The number of allylic oxidation sites excluding steroid dienone is 1. The number of nitrogens with zero attached hydrogens (tertiary/aromatic N) is 1. The van der Waals surface area contributed by atoms with Gasteiger partial charge in [0.2, 0.25) is 5.52 Å². The number of fused-ring (bicyclic) bond motifs is 4. The highest BCUT2D eigenvalue weighted by Gasteiger charge is 2.19. The fourth-order valence-corrected chi connectivity index (χ4v) is 5.29. The summed E-state index contributed by atoms with van der Waals surface area (Å²) in [6.45, 7) is 4.37. The molecule has 1 N–H and O–H groups in total. The molecule has 0 amide bonds. The third-order valence-corrected chi connectivity index (χ3v) is 6.52. The summed E-state index contributed by atoms with van der Waals surface area (Å²) < 4.78 is 3.65. The van der Waals surface area contributed by atoms with Gasteiger partial charge in [-0.25, -0.2) is 0 Å². The number of rotatable bonds is 2. The van der Waals surface area contributed by atoms with Crippen LogP contribution in [0, 0.1) is 6.92 Å². The molecular formula is C24H21N2S+. The highest BCUT2D eigenvalue weighted by Crippen LogP contribution is 2.32. The predicted molar refractivity (Wildman–Crippen MR) is 117 cm³/mol. The summed E-state index contributed by atoms with van der Waals surface area (Å²) in [5.41, 5.74) is 6.33. The van der Waals surface area contributed by atoms with Gasteiger partial charge in [-0.15, -0.1) is 0 Å². The Morgan fingerprint density at radius 1 is 0.963 bits per heavy atom. The van der Waals surface area contributed by atoms with E-state index in [2.05, 4.69) is 97.2 Å². The Labute approximate surface area is 162 Å². The smallest absolute Gasteiger partial charge is 0.262 e. The van der Waals surface area contributed by atoms with E-state index in [-0.39, 0.29) is 0 Å². The normalized spacial score (nSPS) is 12.5. The van der Waals surface area contributed by atoms with Crippen LogP contribution in [0.4, 0.5) is 0 Å². The Balaban J connectivity index is 1.72. The van der Waals surface area contributed by atoms with E-state index in [0.29, 0.717) is 0 Å². The van der Waals surface area contributed by atoms with Crippen LogP contribution in [0.1, 0.15) is 23.2 Å². The molecule has 0 fully saturated rings. The van der Waals surface area contributed by atoms with Crippen molar-refractivity contribution in [2.45, 2.75) is 13.8 Å². The molecule has 0 saturated carbocycles. The number of aromatic nitrogens is 2. The maximum atomic E-state index is 3.51. The maximum absolute atomic E-state index is 3.51. The van der Waals surface area contributed by atoms with Crippen molar-refractivity contribution < 1.29 is 4.57 Å². The number of hydrogen-bond acceptors (Lipinski definition) is 1. The van der Waals surface area contributed by atoms with Gasteiger partial charge >= 0.3 is 0 Å². The second kappa shape index (κ2) is 6.07. The molecule has 0 saturated heterocycles. The van der Waals surface area contributed by atoms with Gasteiger partial charge in [0.05, 0.1) is 5.39 Å². The average molecular weight is 370 g/mol. The van der Waals surface area contributed by atoms with Gasteiger partial charge in [0.25, 0.3) is 5.01 Å². The number of aromatic amines is 1. The van der Waals surface area contributed by atoms with Crippen LogP contribution in [-0.4, -0.2) is 4.98 Å². The molecule has 0 aliphatic rings. The van der Waals surface area contributed by atoms with Crippen molar-refractivity contribution >= 4 is 54.9 Å². The molecule has 132 valence electrons. The SMILES string of the molecule is C/C(=C\c1sc2ccc3ccccc3c2[n+]1C)c1c(C)[nH]c2ccccc12. The van der Waals surface area contributed by atoms with Crippen LogP contribution in [0.25, 0.3) is 43.5 Å². The third-order valence-electron chi connectivity index (χ3n) is 5.37. The number of H-pyrrole nitrogens is 1. The van der Waals surface area contributed by atoms with Crippen LogP contribution in [-0.2, 0) is 7.05 Å². The van der Waals surface area contributed by atoms with E-state index in [1.54, 1.807) is 0 Å². The zero-order valence-electron chi connectivity index (χ0n) is 15.7. The van der Waals surface area contributed by atoms with E-state index >= 15 is 0 Å². The number of hydrogen-bond donors (Lipinski definition) is 1. The summed E-state index contributed by atoms with van der Waals surface area (Å²) >= 11 is 1.85. The summed E-state index contributed by atoms with van der Waals surface area (Å²) in [6.07, 6.45) is 2.32. The summed E-state index contributed by atoms with van der Waals surface area (Å²) in [5.74, 6) is 0. The quantitative estimate of drug-likeness (QED) is 0.356. The Bertz CT molecular complexity index is 1350. The minimum absolute atomic E-state index is 1.20. The van der Waals surface area contributed by atoms with Gasteiger partial charge in [-0.05, 0) is 43.0 Å². The fraction of sp³-hybridized carbons (Fsp3) is 0.125. The second-order valence-electron chi connectivity index (χ2n) is 7.13. The largest absolute Gasteiger partial charge is 0.358 e. The lowest BCUT2D eigenvalue weighted by Gasteiger charge is -2.01. The molecule has 5 aromatic rings. The third kappa shape index (κ3) is 2.50. The molecule has 0 unspecified atom stereocenters. The molecule has 5 rings (SSSR count). The predicted octanol–water partition coefficient (Wildman–Crippen LogP) is 6.23. The Morgan fingerprint density at radius 3 is 2.56 bits per heavy atom. The molecule has 0 atom stereocenters. The van der Waals surface area contributed by atoms with Crippen molar-refractivity contribution in [1.29, 1.82) is 0 Å². The highest BCUT2D eigenvalue weighted by atomic mass is 32.1. The molecule has 2 aromatic heterocycles. The van der Waals surface area contributed by atoms with Gasteiger partial charge in [0, 0.05) is 28.2 Å². The van der Waals surface area contributed by atoms with E-state index in [4.69, 9.17) is 0 Å². The number of aryl methyl sites for hydroxylation is 2. The van der Waals surface area contributed by atoms with Crippen LogP contribution in [0.5, 0.6) is 0 Å². The number of thiazole rings is 1. The van der Waals surface area contributed by atoms with Gasteiger partial charge < -0.3 is 4.98 Å². The first-order chi connectivity index (χ1) is 13.1. The topological polar surface area (TPSA) is 19.7 Å². The molecule has 0 spiro atoms. The van der Waals surface area contributed by atoms with Crippen LogP contribution >= 0.6 is 11.3 Å². The first-order valence-electron chi connectivity index (χ1n) is 9.20. The lowest BCUT2D eigenvalue weighted by atomic mass is 10.0. The van der Waals surface area contributed by atoms with E-state index in [9.17, 15) is 0 Å². The van der Waals surface area contributed by atoms with E-state index in [1.807, 2.05) is 11.3 Å². The zero-order valence-corrected chi connectivity index (χ0v) is 16.5. The first kappa shape index (κ1) is 16.3. The highest BCUT2D eigenvalue weighted by molar-refractivity contribution is 7.19. The molecule has 3 heteroatoms. The minimum atomic E-state index is 1.20. The van der Waals surface area contributed by atoms with Gasteiger partial charge in [-0.2, -0.15) is 4.57 Å². The second-order valence-corrected chi connectivity index (χ2v) is 8.19. The summed E-state index contributed by atoms with van der Waals surface area (Å²) in [5, 5.41) is 5.16. The molecule has 2 nitrogen and oxygen atoms in total. The molecular weight excluding hydrogens is 348 g/mol. The molecule has 2 heterocycles. The first-order valence-corrected chi connectivity index (χ1v) is 10.0. The molecule has 0 bridgehead atoms. The van der Waals surface area contributed by atoms with Crippen molar-refractivity contribution in [2.75, 3.05) is 0 Å². The maximum Gasteiger partial charge on any atom is 0.262 e. The Morgan fingerprint density at radius 2 is 1.70 bits per heavy atom. The van der Waals surface area contributed by atoms with Gasteiger partial charge in [0.1, 0.15) is 11.7 Å². The van der Waals surface area contributed by atoms with Crippen LogP contribution < -0.4 is 4.57 Å². The average Bonchev–Trinajstić information content (AvgIpc) is 3.18. The monoisotopic (exact) mass is 369 g/mol. The van der Waals surface area contributed by atoms with Crippen molar-refractivity contribution in [3.63, 3.8) is 0 Å². The zero-order chi connectivity index (χ0) is 18.5. The van der Waals surface area contributed by atoms with Crippen molar-refractivity contribution in [1.82, 2.24) is 4.98 Å². The minimum Gasteiger partial charge on any atom is -0.358 e. The van der Waals surface area contributed by atoms with Crippen molar-refractivity contribution in [3.05, 3.63) is 76.9 Å². The number of para-hydroxylation sites is 1. The molecule has 3 aromatic carbocycles.